The van der Waals surface area contributed by atoms with E-state index in [1.165, 1.54) is 0 Å². The Morgan fingerprint density at radius 1 is 0.909 bits per heavy atom. The van der Waals surface area contributed by atoms with Crippen LogP contribution in [0, 0.1) is 0 Å². The van der Waals surface area contributed by atoms with E-state index in [1.807, 2.05) is 60.7 Å². The number of hydrogen-bond donors (Lipinski definition) is 0. The average Bonchev–Trinajstić information content (AvgIpc) is 3.11. The van der Waals surface area contributed by atoms with E-state index < -0.39 is 0 Å². The van der Waals surface area contributed by atoms with Crippen LogP contribution in [0.1, 0.15) is 0 Å². The molecule has 0 unspecified atom stereocenters. The fraction of sp³-hybridized carbons (Fsp3) is 0. The summed E-state index contributed by atoms with van der Waals surface area (Å²) in [6.07, 6.45) is 1.80. The van der Waals surface area contributed by atoms with Crippen LogP contribution in [0.2, 0.25) is 0 Å². The highest BCUT2D eigenvalue weighted by Crippen LogP contribution is 2.28. The van der Waals surface area contributed by atoms with Crippen molar-refractivity contribution >= 4 is 27.6 Å². The monoisotopic (exact) mass is 285 g/mol. The first-order chi connectivity index (χ1) is 10.9. The highest BCUT2D eigenvalue weighted by Gasteiger charge is 2.13. The number of hydrogen-bond acceptors (Lipinski definition) is 3. The average molecular weight is 285 g/mol. The van der Waals surface area contributed by atoms with Crippen LogP contribution in [0.3, 0.4) is 0 Å². The van der Waals surface area contributed by atoms with Crippen molar-refractivity contribution in [3.05, 3.63) is 66.9 Å². The summed E-state index contributed by atoms with van der Waals surface area (Å²) in [5.41, 5.74) is 5.43. The highest BCUT2D eigenvalue weighted by molar-refractivity contribution is 5.96. The molecule has 0 saturated heterocycles. The van der Waals surface area contributed by atoms with Crippen molar-refractivity contribution in [1.29, 1.82) is 0 Å². The molecule has 0 radical (unpaired) electrons. The van der Waals surface area contributed by atoms with Crippen molar-refractivity contribution in [3.8, 4) is 11.3 Å². The third kappa shape index (κ3) is 1.52. The lowest BCUT2D eigenvalue weighted by molar-refractivity contribution is 0.423. The molecule has 0 spiro atoms. The predicted octanol–water partition coefficient (Wildman–Crippen LogP) is 4.30. The zero-order valence-corrected chi connectivity index (χ0v) is 11.6. The molecule has 5 rings (SSSR count). The van der Waals surface area contributed by atoms with Crippen LogP contribution in [-0.2, 0) is 0 Å². The molecule has 4 nitrogen and oxygen atoms in total. The maximum atomic E-state index is 5.92. The van der Waals surface area contributed by atoms with E-state index in [0.717, 1.165) is 38.9 Å². The van der Waals surface area contributed by atoms with Gasteiger partial charge in [-0.2, -0.15) is 4.57 Å². The standard InChI is InChI=1S/C18H11N3O/c1-2-6-12(7-3-1)14-10-16-15(11-19-14)20-18-13-8-4-5-9-17(13)22-21(16)18/h1-11H. The van der Waals surface area contributed by atoms with Gasteiger partial charge in [0.2, 0.25) is 0 Å². The van der Waals surface area contributed by atoms with Gasteiger partial charge in [-0.25, -0.2) is 4.98 Å². The molecule has 0 aliphatic rings. The van der Waals surface area contributed by atoms with Gasteiger partial charge in [0.1, 0.15) is 11.0 Å². The Morgan fingerprint density at radius 2 is 1.73 bits per heavy atom. The molecule has 5 aromatic rings. The summed E-state index contributed by atoms with van der Waals surface area (Å²) in [6, 6.07) is 20.1. The van der Waals surface area contributed by atoms with Gasteiger partial charge in [0.25, 0.3) is 0 Å². The van der Waals surface area contributed by atoms with E-state index in [9.17, 15) is 0 Å². The Balaban J connectivity index is 1.85. The van der Waals surface area contributed by atoms with Crippen LogP contribution in [0.5, 0.6) is 0 Å². The van der Waals surface area contributed by atoms with Crippen LogP contribution in [0.15, 0.2) is 71.4 Å². The first-order valence-corrected chi connectivity index (χ1v) is 7.12. The number of para-hydroxylation sites is 1. The summed E-state index contributed by atoms with van der Waals surface area (Å²) >= 11 is 0. The lowest BCUT2D eigenvalue weighted by Gasteiger charge is -1.99. The molecule has 0 amide bonds. The molecular weight excluding hydrogens is 274 g/mol. The summed E-state index contributed by atoms with van der Waals surface area (Å²) in [4.78, 5) is 9.16. The lowest BCUT2D eigenvalue weighted by atomic mass is 10.1. The Bertz CT molecular complexity index is 1120. The van der Waals surface area contributed by atoms with Crippen LogP contribution in [0.25, 0.3) is 38.9 Å². The van der Waals surface area contributed by atoms with Crippen molar-refractivity contribution in [2.24, 2.45) is 0 Å². The van der Waals surface area contributed by atoms with Gasteiger partial charge in [-0.15, -0.1) is 0 Å². The third-order valence-electron chi connectivity index (χ3n) is 3.89. The molecule has 0 saturated carbocycles. The van der Waals surface area contributed by atoms with Crippen molar-refractivity contribution in [2.75, 3.05) is 0 Å². The summed E-state index contributed by atoms with van der Waals surface area (Å²) in [5.74, 6) is 0. The summed E-state index contributed by atoms with van der Waals surface area (Å²) in [7, 11) is 0. The number of imidazole rings is 1. The summed E-state index contributed by atoms with van der Waals surface area (Å²) in [5, 5.41) is 1.01. The van der Waals surface area contributed by atoms with Crippen LogP contribution < -0.4 is 0 Å². The molecular formula is C18H11N3O. The Labute approximate surface area is 125 Å². The lowest BCUT2D eigenvalue weighted by Crippen LogP contribution is -1.84. The van der Waals surface area contributed by atoms with Gasteiger partial charge < -0.3 is 4.52 Å². The molecule has 0 bridgehead atoms. The van der Waals surface area contributed by atoms with Crippen molar-refractivity contribution in [1.82, 2.24) is 14.5 Å². The van der Waals surface area contributed by atoms with Gasteiger partial charge in [-0.3, -0.25) is 4.98 Å². The number of aromatic nitrogens is 3. The molecule has 22 heavy (non-hydrogen) atoms. The Morgan fingerprint density at radius 3 is 2.64 bits per heavy atom. The zero-order valence-electron chi connectivity index (χ0n) is 11.6. The molecule has 2 aromatic carbocycles. The van der Waals surface area contributed by atoms with E-state index in [-0.39, 0.29) is 0 Å². The van der Waals surface area contributed by atoms with Gasteiger partial charge in [-0.05, 0) is 18.2 Å². The van der Waals surface area contributed by atoms with E-state index in [2.05, 4.69) is 9.97 Å². The number of benzene rings is 2. The molecule has 3 aromatic heterocycles. The van der Waals surface area contributed by atoms with Gasteiger partial charge in [0, 0.05) is 5.56 Å². The third-order valence-corrected chi connectivity index (χ3v) is 3.89. The molecule has 0 atom stereocenters. The number of fused-ring (bicyclic) bond motifs is 5. The predicted molar refractivity (Wildman–Crippen MR) is 85.7 cm³/mol. The SMILES string of the molecule is c1ccc(-c2cc3c(cn2)nc2c4ccccc4on32)cc1. The molecule has 0 aliphatic carbocycles. The topological polar surface area (TPSA) is 43.3 Å². The van der Waals surface area contributed by atoms with Gasteiger partial charge in [-0.1, -0.05) is 42.5 Å². The fourth-order valence-corrected chi connectivity index (χ4v) is 2.82. The van der Waals surface area contributed by atoms with Crippen molar-refractivity contribution < 1.29 is 4.52 Å². The first kappa shape index (κ1) is 11.5. The van der Waals surface area contributed by atoms with Gasteiger partial charge in [0.15, 0.2) is 11.2 Å². The van der Waals surface area contributed by atoms with E-state index >= 15 is 0 Å². The Hall–Kier alpha value is -3.14. The van der Waals surface area contributed by atoms with Crippen LogP contribution in [0.4, 0.5) is 0 Å². The zero-order chi connectivity index (χ0) is 14.5. The van der Waals surface area contributed by atoms with Crippen molar-refractivity contribution in [3.63, 3.8) is 0 Å². The highest BCUT2D eigenvalue weighted by atomic mass is 16.5. The van der Waals surface area contributed by atoms with E-state index in [1.54, 1.807) is 10.8 Å². The molecule has 3 heterocycles. The van der Waals surface area contributed by atoms with Crippen LogP contribution >= 0.6 is 0 Å². The smallest absolute Gasteiger partial charge is 0.181 e. The molecule has 104 valence electrons. The van der Waals surface area contributed by atoms with Crippen molar-refractivity contribution in [2.45, 2.75) is 0 Å². The largest absolute Gasteiger partial charge is 0.372 e. The second-order valence-electron chi connectivity index (χ2n) is 5.24. The van der Waals surface area contributed by atoms with Crippen LogP contribution in [-0.4, -0.2) is 14.5 Å². The Kier molecular flexibility index (Phi) is 2.19. The number of pyridine rings is 1. The van der Waals surface area contributed by atoms with Gasteiger partial charge >= 0.3 is 0 Å². The molecule has 0 N–H and O–H groups in total. The maximum Gasteiger partial charge on any atom is 0.181 e. The fourth-order valence-electron chi connectivity index (χ4n) is 2.82. The minimum absolute atomic E-state index is 0.831. The summed E-state index contributed by atoms with van der Waals surface area (Å²) in [6.45, 7) is 0. The summed E-state index contributed by atoms with van der Waals surface area (Å²) < 4.78 is 7.71. The molecule has 0 fully saturated rings. The maximum absolute atomic E-state index is 5.92. The van der Waals surface area contributed by atoms with E-state index in [0.29, 0.717) is 0 Å². The quantitative estimate of drug-likeness (QED) is 0.461. The number of nitrogens with zero attached hydrogens (tertiary/aromatic N) is 3. The number of rotatable bonds is 1. The second kappa shape index (κ2) is 4.18. The van der Waals surface area contributed by atoms with E-state index in [4.69, 9.17) is 4.52 Å². The molecule has 4 heteroatoms. The minimum Gasteiger partial charge on any atom is -0.372 e. The first-order valence-electron chi connectivity index (χ1n) is 7.12. The minimum atomic E-state index is 0.831. The van der Waals surface area contributed by atoms with Gasteiger partial charge in [0.05, 0.1) is 17.3 Å². The normalized spacial score (nSPS) is 11.6. The second-order valence-corrected chi connectivity index (χ2v) is 5.24. The molecule has 0 aliphatic heterocycles.